The molecule has 1 fully saturated rings. The van der Waals surface area contributed by atoms with Crippen LogP contribution in [0.3, 0.4) is 0 Å². The lowest BCUT2D eigenvalue weighted by Crippen LogP contribution is -2.49. The SMILES string of the molecule is CC1CCN(C(=O)c2ccc(Br)c(Cl)c2)C(CN)C1.Cl. The first-order valence-electron chi connectivity index (χ1n) is 6.49. The van der Waals surface area contributed by atoms with Gasteiger partial charge in [0.25, 0.3) is 5.91 Å². The van der Waals surface area contributed by atoms with Crippen molar-refractivity contribution in [3.05, 3.63) is 33.3 Å². The molecule has 2 atom stereocenters. The number of likely N-dealkylation sites (tertiary alicyclic amines) is 1. The summed E-state index contributed by atoms with van der Waals surface area (Å²) < 4.78 is 0.799. The molecule has 2 rings (SSSR count). The monoisotopic (exact) mass is 380 g/mol. The summed E-state index contributed by atoms with van der Waals surface area (Å²) in [5.74, 6) is 0.655. The summed E-state index contributed by atoms with van der Waals surface area (Å²) in [6, 6.07) is 5.45. The molecule has 6 heteroatoms. The van der Waals surface area contributed by atoms with E-state index in [1.54, 1.807) is 18.2 Å². The Morgan fingerprint density at radius 3 is 2.85 bits per heavy atom. The molecular weight excluding hydrogens is 363 g/mol. The smallest absolute Gasteiger partial charge is 0.254 e. The third kappa shape index (κ3) is 3.88. The predicted molar refractivity (Wildman–Crippen MR) is 88.7 cm³/mol. The van der Waals surface area contributed by atoms with E-state index in [1.165, 1.54) is 0 Å². The summed E-state index contributed by atoms with van der Waals surface area (Å²) in [7, 11) is 0. The highest BCUT2D eigenvalue weighted by Crippen LogP contribution is 2.27. The minimum absolute atomic E-state index is 0. The zero-order valence-corrected chi connectivity index (χ0v) is 14.5. The molecule has 1 aromatic rings. The number of amides is 1. The zero-order chi connectivity index (χ0) is 14.0. The van der Waals surface area contributed by atoms with Crippen LogP contribution in [-0.2, 0) is 0 Å². The van der Waals surface area contributed by atoms with Crippen LogP contribution >= 0.6 is 39.9 Å². The first-order chi connectivity index (χ1) is 9.02. The Morgan fingerprint density at radius 1 is 1.55 bits per heavy atom. The molecule has 112 valence electrons. The van der Waals surface area contributed by atoms with E-state index in [9.17, 15) is 4.79 Å². The van der Waals surface area contributed by atoms with Crippen molar-refractivity contribution < 1.29 is 4.79 Å². The Morgan fingerprint density at radius 2 is 2.25 bits per heavy atom. The minimum atomic E-state index is 0. The number of nitrogens with zero attached hydrogens (tertiary/aromatic N) is 1. The van der Waals surface area contributed by atoms with Crippen molar-refractivity contribution in [2.45, 2.75) is 25.8 Å². The van der Waals surface area contributed by atoms with Crippen LogP contribution < -0.4 is 5.73 Å². The van der Waals surface area contributed by atoms with Crippen molar-refractivity contribution >= 4 is 45.8 Å². The minimum Gasteiger partial charge on any atom is -0.334 e. The summed E-state index contributed by atoms with van der Waals surface area (Å²) >= 11 is 9.38. The second-order valence-electron chi connectivity index (χ2n) is 5.15. The maximum absolute atomic E-state index is 12.5. The molecule has 20 heavy (non-hydrogen) atoms. The number of benzene rings is 1. The van der Waals surface area contributed by atoms with Crippen LogP contribution in [0.25, 0.3) is 0 Å². The molecule has 1 aliphatic heterocycles. The highest BCUT2D eigenvalue weighted by atomic mass is 79.9. The molecule has 1 amide bonds. The lowest BCUT2D eigenvalue weighted by Gasteiger charge is -2.38. The van der Waals surface area contributed by atoms with Crippen molar-refractivity contribution in [1.82, 2.24) is 4.90 Å². The summed E-state index contributed by atoms with van der Waals surface area (Å²) in [6.45, 7) is 3.50. The van der Waals surface area contributed by atoms with Crippen molar-refractivity contribution in [2.75, 3.05) is 13.1 Å². The predicted octanol–water partition coefficient (Wildman–Crippen LogP) is 3.72. The Kier molecular flexibility index (Phi) is 6.79. The van der Waals surface area contributed by atoms with Gasteiger partial charge in [-0.1, -0.05) is 18.5 Å². The molecule has 0 aromatic heterocycles. The summed E-state index contributed by atoms with van der Waals surface area (Å²) in [5, 5.41) is 0.556. The van der Waals surface area contributed by atoms with Crippen LogP contribution in [0.15, 0.2) is 22.7 Å². The van der Waals surface area contributed by atoms with Crippen molar-refractivity contribution in [2.24, 2.45) is 11.7 Å². The molecule has 0 saturated carbocycles. The third-order valence-corrected chi connectivity index (χ3v) is 4.91. The molecule has 3 nitrogen and oxygen atoms in total. The lowest BCUT2D eigenvalue weighted by atomic mass is 9.92. The van der Waals surface area contributed by atoms with E-state index in [1.807, 2.05) is 4.90 Å². The van der Waals surface area contributed by atoms with Gasteiger partial charge in [-0.3, -0.25) is 4.79 Å². The second kappa shape index (κ2) is 7.64. The molecule has 0 aliphatic carbocycles. The average Bonchev–Trinajstić information content (AvgIpc) is 2.41. The Bertz CT molecular complexity index is 484. The number of carbonyl (C=O) groups excluding carboxylic acids is 1. The number of halogens is 3. The van der Waals surface area contributed by atoms with Gasteiger partial charge in [-0.15, -0.1) is 12.4 Å². The molecule has 2 N–H and O–H groups in total. The van der Waals surface area contributed by atoms with E-state index >= 15 is 0 Å². The molecule has 2 unspecified atom stereocenters. The molecule has 1 aromatic carbocycles. The molecule has 1 heterocycles. The Labute approximate surface area is 139 Å². The number of hydrogen-bond acceptors (Lipinski definition) is 2. The first kappa shape index (κ1) is 17.8. The highest BCUT2D eigenvalue weighted by Gasteiger charge is 2.29. The van der Waals surface area contributed by atoms with Crippen LogP contribution in [0, 0.1) is 5.92 Å². The van der Waals surface area contributed by atoms with Gasteiger partial charge in [0.15, 0.2) is 0 Å². The van der Waals surface area contributed by atoms with E-state index in [-0.39, 0.29) is 24.4 Å². The molecule has 1 saturated heterocycles. The number of carbonyl (C=O) groups is 1. The zero-order valence-electron chi connectivity index (χ0n) is 11.3. The lowest BCUT2D eigenvalue weighted by molar-refractivity contribution is 0.0573. The van der Waals surface area contributed by atoms with Gasteiger partial charge in [0, 0.05) is 29.2 Å². The van der Waals surface area contributed by atoms with Gasteiger partial charge in [0.1, 0.15) is 0 Å². The fourth-order valence-corrected chi connectivity index (χ4v) is 2.96. The molecule has 0 spiro atoms. The number of rotatable bonds is 2. The molecule has 1 aliphatic rings. The van der Waals surface area contributed by atoms with Crippen LogP contribution in [0.2, 0.25) is 5.02 Å². The van der Waals surface area contributed by atoms with E-state index in [0.717, 1.165) is 23.9 Å². The van der Waals surface area contributed by atoms with Gasteiger partial charge in [0.05, 0.1) is 5.02 Å². The average molecular weight is 382 g/mol. The van der Waals surface area contributed by atoms with Crippen LogP contribution in [0.5, 0.6) is 0 Å². The second-order valence-corrected chi connectivity index (χ2v) is 6.41. The van der Waals surface area contributed by atoms with E-state index in [4.69, 9.17) is 17.3 Å². The summed E-state index contributed by atoms with van der Waals surface area (Å²) in [6.07, 6.45) is 2.01. The molecule has 0 bridgehead atoms. The van der Waals surface area contributed by atoms with Gasteiger partial charge in [-0.25, -0.2) is 0 Å². The van der Waals surface area contributed by atoms with Gasteiger partial charge >= 0.3 is 0 Å². The fourth-order valence-electron chi connectivity index (χ4n) is 2.54. The first-order valence-corrected chi connectivity index (χ1v) is 7.66. The topological polar surface area (TPSA) is 46.3 Å². The number of piperidine rings is 1. The highest BCUT2D eigenvalue weighted by molar-refractivity contribution is 9.10. The van der Waals surface area contributed by atoms with E-state index in [2.05, 4.69) is 22.9 Å². The summed E-state index contributed by atoms with van der Waals surface area (Å²) in [5.41, 5.74) is 6.42. The van der Waals surface area contributed by atoms with Crippen molar-refractivity contribution in [3.8, 4) is 0 Å². The van der Waals surface area contributed by atoms with Gasteiger partial charge in [-0.05, 0) is 52.9 Å². The van der Waals surface area contributed by atoms with Gasteiger partial charge < -0.3 is 10.6 Å². The normalized spacial score (nSPS) is 22.3. The fraction of sp³-hybridized carbons (Fsp3) is 0.500. The Balaban J connectivity index is 0.00000200. The van der Waals surface area contributed by atoms with E-state index < -0.39 is 0 Å². The maximum Gasteiger partial charge on any atom is 0.254 e. The molecule has 0 radical (unpaired) electrons. The van der Waals surface area contributed by atoms with Gasteiger partial charge in [-0.2, -0.15) is 0 Å². The summed E-state index contributed by atoms with van der Waals surface area (Å²) in [4.78, 5) is 14.4. The van der Waals surface area contributed by atoms with Crippen molar-refractivity contribution in [1.29, 1.82) is 0 Å². The van der Waals surface area contributed by atoms with Crippen LogP contribution in [-0.4, -0.2) is 29.9 Å². The third-order valence-electron chi connectivity index (χ3n) is 3.68. The molecular formula is C14H19BrCl2N2O. The quantitative estimate of drug-likeness (QED) is 0.848. The maximum atomic E-state index is 12.5. The van der Waals surface area contributed by atoms with Gasteiger partial charge in [0.2, 0.25) is 0 Å². The number of nitrogens with two attached hydrogens (primary N) is 1. The number of hydrogen-bond donors (Lipinski definition) is 1. The standard InChI is InChI=1S/C14H18BrClN2O.ClH/c1-9-4-5-18(11(6-9)8-17)14(19)10-2-3-12(15)13(16)7-10;/h2-3,7,9,11H,4-6,8,17H2,1H3;1H. The largest absolute Gasteiger partial charge is 0.334 e. The van der Waals surface area contributed by atoms with E-state index in [0.29, 0.717) is 23.0 Å². The van der Waals surface area contributed by atoms with Crippen LogP contribution in [0.1, 0.15) is 30.1 Å². The van der Waals surface area contributed by atoms with Crippen molar-refractivity contribution in [3.63, 3.8) is 0 Å². The Hall–Kier alpha value is -0.290. The van der Waals surface area contributed by atoms with Crippen LogP contribution in [0.4, 0.5) is 0 Å².